The molecule has 19 heavy (non-hydrogen) atoms. The number of nitrogens with one attached hydrogen (secondary N) is 1. The van der Waals surface area contributed by atoms with Gasteiger partial charge in [-0.05, 0) is 42.7 Å². The van der Waals surface area contributed by atoms with Gasteiger partial charge in [-0.1, -0.05) is 30.3 Å². The van der Waals surface area contributed by atoms with E-state index in [0.717, 1.165) is 18.7 Å². The van der Waals surface area contributed by atoms with Crippen LogP contribution in [0.15, 0.2) is 42.5 Å². The Morgan fingerprint density at radius 3 is 2.79 bits per heavy atom. The van der Waals surface area contributed by atoms with E-state index >= 15 is 0 Å². The van der Waals surface area contributed by atoms with E-state index in [4.69, 9.17) is 4.74 Å². The smallest absolute Gasteiger partial charge is 0.123 e. The average molecular weight is 253 g/mol. The van der Waals surface area contributed by atoms with Crippen LogP contribution in [0.5, 0.6) is 5.75 Å². The van der Waals surface area contributed by atoms with Crippen molar-refractivity contribution in [1.29, 1.82) is 0 Å². The third-order valence-electron chi connectivity index (χ3n) is 3.84. The molecule has 0 radical (unpaired) electrons. The average Bonchev–Trinajstić information content (AvgIpc) is 2.83. The summed E-state index contributed by atoms with van der Waals surface area (Å²) in [5.74, 6) is 1.04. The zero-order valence-corrected chi connectivity index (χ0v) is 11.4. The maximum atomic E-state index is 5.94. The lowest BCUT2D eigenvalue weighted by molar-refractivity contribution is 0.246. The van der Waals surface area contributed by atoms with E-state index in [-0.39, 0.29) is 6.10 Å². The first-order valence-electron chi connectivity index (χ1n) is 6.78. The summed E-state index contributed by atoms with van der Waals surface area (Å²) in [5, 5.41) is 3.51. The topological polar surface area (TPSA) is 21.3 Å². The molecule has 0 saturated carbocycles. The van der Waals surface area contributed by atoms with Gasteiger partial charge < -0.3 is 10.1 Å². The molecular formula is C17H19NO. The molecule has 0 aromatic heterocycles. The van der Waals surface area contributed by atoms with Gasteiger partial charge in [0.15, 0.2) is 0 Å². The van der Waals surface area contributed by atoms with E-state index in [9.17, 15) is 0 Å². The molecule has 0 amide bonds. The summed E-state index contributed by atoms with van der Waals surface area (Å²) >= 11 is 0. The van der Waals surface area contributed by atoms with Crippen LogP contribution in [-0.4, -0.2) is 12.6 Å². The number of rotatable bonds is 3. The third kappa shape index (κ3) is 2.43. The van der Waals surface area contributed by atoms with Gasteiger partial charge in [-0.3, -0.25) is 0 Å². The Labute approximate surface area is 114 Å². The summed E-state index contributed by atoms with van der Waals surface area (Å²) in [4.78, 5) is 0. The van der Waals surface area contributed by atoms with Gasteiger partial charge in [0.05, 0.1) is 6.54 Å². The number of para-hydroxylation sites is 1. The van der Waals surface area contributed by atoms with Crippen molar-refractivity contribution in [3.8, 4) is 5.75 Å². The van der Waals surface area contributed by atoms with Crippen molar-refractivity contribution in [3.63, 3.8) is 0 Å². The second-order valence-corrected chi connectivity index (χ2v) is 5.18. The first-order valence-corrected chi connectivity index (χ1v) is 6.78. The maximum Gasteiger partial charge on any atom is 0.123 e. The maximum absolute atomic E-state index is 5.94. The Kier molecular flexibility index (Phi) is 3.16. The van der Waals surface area contributed by atoms with Crippen LogP contribution in [-0.2, 0) is 6.42 Å². The largest absolute Gasteiger partial charge is 0.488 e. The number of hydrogen-bond acceptors (Lipinski definition) is 2. The predicted octanol–water partition coefficient (Wildman–Crippen LogP) is 3.72. The lowest BCUT2D eigenvalue weighted by Gasteiger charge is -2.15. The summed E-state index contributed by atoms with van der Waals surface area (Å²) in [7, 11) is 0. The Bertz CT molecular complexity index is 567. The fourth-order valence-corrected chi connectivity index (χ4v) is 2.53. The molecule has 1 heterocycles. The van der Waals surface area contributed by atoms with E-state index < -0.39 is 0 Å². The molecule has 2 heteroatoms. The minimum absolute atomic E-state index is 0.234. The summed E-state index contributed by atoms with van der Waals surface area (Å²) in [5.41, 5.74) is 5.16. The van der Waals surface area contributed by atoms with Crippen molar-refractivity contribution in [2.45, 2.75) is 26.4 Å². The summed E-state index contributed by atoms with van der Waals surface area (Å²) < 4.78 is 5.94. The van der Waals surface area contributed by atoms with Crippen LogP contribution in [0.4, 0.5) is 5.69 Å². The minimum atomic E-state index is 0.234. The lowest BCUT2D eigenvalue weighted by Crippen LogP contribution is -2.24. The Hall–Kier alpha value is -1.96. The first kappa shape index (κ1) is 12.1. The highest BCUT2D eigenvalue weighted by Crippen LogP contribution is 2.28. The second-order valence-electron chi connectivity index (χ2n) is 5.18. The first-order chi connectivity index (χ1) is 9.24. The molecule has 0 spiro atoms. The molecule has 0 aliphatic carbocycles. The van der Waals surface area contributed by atoms with Crippen LogP contribution in [0.3, 0.4) is 0 Å². The number of ether oxygens (including phenoxy) is 1. The summed E-state index contributed by atoms with van der Waals surface area (Å²) in [6, 6.07) is 14.7. The van der Waals surface area contributed by atoms with Crippen LogP contribution < -0.4 is 10.1 Å². The Morgan fingerprint density at radius 2 is 1.95 bits per heavy atom. The number of aryl methyl sites for hydroxylation is 1. The molecule has 2 nitrogen and oxygen atoms in total. The number of benzene rings is 2. The molecule has 0 fully saturated rings. The standard InChI is InChI=1S/C17H19NO/c1-12-6-5-8-16(13(12)2)18-11-15-10-14-7-3-4-9-17(14)19-15/h3-9,15,18H,10-11H2,1-2H3. The van der Waals surface area contributed by atoms with Gasteiger partial charge in [0.1, 0.15) is 11.9 Å². The highest BCUT2D eigenvalue weighted by atomic mass is 16.5. The summed E-state index contributed by atoms with van der Waals surface area (Å²) in [6.07, 6.45) is 1.23. The van der Waals surface area contributed by atoms with Gasteiger partial charge >= 0.3 is 0 Å². The molecule has 1 N–H and O–H groups in total. The van der Waals surface area contributed by atoms with Crippen LogP contribution in [0.2, 0.25) is 0 Å². The predicted molar refractivity (Wildman–Crippen MR) is 79.0 cm³/mol. The molecule has 1 aliphatic rings. The minimum Gasteiger partial charge on any atom is -0.488 e. The van der Waals surface area contributed by atoms with Gasteiger partial charge in [0, 0.05) is 12.1 Å². The molecule has 2 aromatic rings. The highest BCUT2D eigenvalue weighted by Gasteiger charge is 2.21. The van der Waals surface area contributed by atoms with Crippen molar-refractivity contribution in [2.75, 3.05) is 11.9 Å². The van der Waals surface area contributed by atoms with Crippen LogP contribution in [0.1, 0.15) is 16.7 Å². The van der Waals surface area contributed by atoms with E-state index in [2.05, 4.69) is 49.5 Å². The van der Waals surface area contributed by atoms with Crippen LogP contribution in [0, 0.1) is 13.8 Å². The zero-order chi connectivity index (χ0) is 13.2. The number of fused-ring (bicyclic) bond motifs is 1. The van der Waals surface area contributed by atoms with Gasteiger partial charge in [0.2, 0.25) is 0 Å². The van der Waals surface area contributed by atoms with Crippen LogP contribution >= 0.6 is 0 Å². The molecular weight excluding hydrogens is 234 g/mol. The van der Waals surface area contributed by atoms with Crippen molar-refractivity contribution in [1.82, 2.24) is 0 Å². The van der Waals surface area contributed by atoms with Crippen molar-refractivity contribution >= 4 is 5.69 Å². The molecule has 1 aliphatic heterocycles. The van der Waals surface area contributed by atoms with Gasteiger partial charge in [-0.2, -0.15) is 0 Å². The highest BCUT2D eigenvalue weighted by molar-refractivity contribution is 5.54. The van der Waals surface area contributed by atoms with Crippen LogP contribution in [0.25, 0.3) is 0 Å². The lowest BCUT2D eigenvalue weighted by atomic mass is 10.1. The van der Waals surface area contributed by atoms with E-state index in [1.807, 2.05) is 12.1 Å². The molecule has 98 valence electrons. The summed E-state index contributed by atoms with van der Waals surface area (Å²) in [6.45, 7) is 5.14. The zero-order valence-electron chi connectivity index (χ0n) is 11.4. The van der Waals surface area contributed by atoms with Crippen molar-refractivity contribution in [3.05, 3.63) is 59.2 Å². The molecule has 0 saturated heterocycles. The molecule has 0 bridgehead atoms. The SMILES string of the molecule is Cc1cccc(NCC2Cc3ccccc3O2)c1C. The quantitative estimate of drug-likeness (QED) is 0.900. The fourth-order valence-electron chi connectivity index (χ4n) is 2.53. The van der Waals surface area contributed by atoms with Gasteiger partial charge in [0.25, 0.3) is 0 Å². The molecule has 3 rings (SSSR count). The van der Waals surface area contributed by atoms with Gasteiger partial charge in [-0.15, -0.1) is 0 Å². The molecule has 1 unspecified atom stereocenters. The molecule has 2 aromatic carbocycles. The van der Waals surface area contributed by atoms with E-state index in [1.165, 1.54) is 22.4 Å². The number of hydrogen-bond donors (Lipinski definition) is 1. The monoisotopic (exact) mass is 253 g/mol. The van der Waals surface area contributed by atoms with Gasteiger partial charge in [-0.25, -0.2) is 0 Å². The second kappa shape index (κ2) is 4.96. The Morgan fingerprint density at radius 1 is 1.11 bits per heavy atom. The number of anilines is 1. The van der Waals surface area contributed by atoms with E-state index in [0.29, 0.717) is 0 Å². The molecule has 1 atom stereocenters. The fraction of sp³-hybridized carbons (Fsp3) is 0.294. The third-order valence-corrected chi connectivity index (χ3v) is 3.84. The van der Waals surface area contributed by atoms with E-state index in [1.54, 1.807) is 0 Å². The normalized spacial score (nSPS) is 16.8. The van der Waals surface area contributed by atoms with Crippen molar-refractivity contribution in [2.24, 2.45) is 0 Å². The Balaban J connectivity index is 1.64. The van der Waals surface area contributed by atoms with Crippen molar-refractivity contribution < 1.29 is 4.74 Å².